The topological polar surface area (TPSA) is 79.3 Å². The monoisotopic (exact) mass is 370 g/mol. The summed E-state index contributed by atoms with van der Waals surface area (Å²) < 4.78 is 24.4. The van der Waals surface area contributed by atoms with E-state index in [2.05, 4.69) is 10.3 Å². The molecule has 9 heteroatoms. The van der Waals surface area contributed by atoms with E-state index in [-0.39, 0.29) is 22.2 Å². The summed E-state index contributed by atoms with van der Waals surface area (Å²) in [4.78, 5) is 27.3. The third-order valence-corrected chi connectivity index (χ3v) is 4.43. The number of alkyl halides is 2. The summed E-state index contributed by atoms with van der Waals surface area (Å²) in [6.07, 6.45) is 1.45. The lowest BCUT2D eigenvalue weighted by Crippen LogP contribution is -2.14. The highest BCUT2D eigenvalue weighted by atomic mass is 32.2. The minimum Gasteiger partial charge on any atom is -0.478 e. The standard InChI is InChI=1S/C15H12F2N2O3S2/c16-15(17)24-10-5-3-9(4-6-10)19-12(20)8-23-13-11(14(21)22)2-1-7-18-13/h1-7,15H,8H2,(H,19,20)(H,21,22). The fraction of sp³-hybridized carbons (Fsp3) is 0.133. The summed E-state index contributed by atoms with van der Waals surface area (Å²) in [6, 6.07) is 8.94. The van der Waals surface area contributed by atoms with Crippen LogP contribution in [0.3, 0.4) is 0 Å². The van der Waals surface area contributed by atoms with Gasteiger partial charge in [0.1, 0.15) is 5.03 Å². The number of carboxylic acids is 1. The van der Waals surface area contributed by atoms with Crippen molar-refractivity contribution in [1.29, 1.82) is 0 Å². The van der Waals surface area contributed by atoms with Crippen molar-refractivity contribution in [2.45, 2.75) is 15.7 Å². The predicted molar refractivity (Wildman–Crippen MR) is 88.9 cm³/mol. The number of pyridine rings is 1. The molecule has 2 aromatic rings. The number of hydrogen-bond acceptors (Lipinski definition) is 5. The second-order valence-corrected chi connectivity index (χ2v) is 6.43. The number of halogens is 2. The largest absolute Gasteiger partial charge is 0.478 e. The number of hydrogen-bond donors (Lipinski definition) is 2. The van der Waals surface area contributed by atoms with Gasteiger partial charge in [0.2, 0.25) is 5.91 Å². The molecule has 0 unspecified atom stereocenters. The first-order valence-electron chi connectivity index (χ1n) is 6.61. The fourth-order valence-corrected chi connectivity index (χ4v) is 3.00. The van der Waals surface area contributed by atoms with Crippen molar-refractivity contribution >= 4 is 41.1 Å². The molecular formula is C15H12F2N2O3S2. The van der Waals surface area contributed by atoms with Crippen LogP contribution in [0.15, 0.2) is 52.5 Å². The number of carboxylic acid groups (broad SMARTS) is 1. The van der Waals surface area contributed by atoms with Gasteiger partial charge in [-0.05, 0) is 36.4 Å². The molecule has 1 aromatic carbocycles. The van der Waals surface area contributed by atoms with Crippen LogP contribution in [0.5, 0.6) is 0 Å². The van der Waals surface area contributed by atoms with E-state index in [1.807, 2.05) is 0 Å². The molecule has 0 atom stereocenters. The number of benzene rings is 1. The van der Waals surface area contributed by atoms with E-state index in [1.54, 1.807) is 0 Å². The lowest BCUT2D eigenvalue weighted by molar-refractivity contribution is -0.113. The Balaban J connectivity index is 1.91. The molecule has 0 saturated carbocycles. The minimum absolute atomic E-state index is 0.0230. The third kappa shape index (κ3) is 5.50. The molecule has 126 valence electrons. The first kappa shape index (κ1) is 18.2. The molecule has 1 heterocycles. The predicted octanol–water partition coefficient (Wildman–Crippen LogP) is 3.83. The molecule has 0 aliphatic rings. The third-order valence-electron chi connectivity index (χ3n) is 2.70. The Bertz CT molecular complexity index is 727. The Labute approximate surface area is 144 Å². The molecule has 0 aliphatic heterocycles. The summed E-state index contributed by atoms with van der Waals surface area (Å²) in [6.45, 7) is 0. The Kier molecular flexibility index (Phi) is 6.56. The molecule has 1 amide bonds. The second-order valence-electron chi connectivity index (χ2n) is 4.40. The van der Waals surface area contributed by atoms with Crippen LogP contribution >= 0.6 is 23.5 Å². The van der Waals surface area contributed by atoms with Gasteiger partial charge in [0.05, 0.1) is 11.3 Å². The molecule has 0 aliphatic carbocycles. The van der Waals surface area contributed by atoms with Crippen molar-refractivity contribution in [3.63, 3.8) is 0 Å². The maximum atomic E-state index is 12.2. The van der Waals surface area contributed by atoms with Crippen molar-refractivity contribution in [2.24, 2.45) is 0 Å². The van der Waals surface area contributed by atoms with Crippen LogP contribution in [0.4, 0.5) is 14.5 Å². The average molecular weight is 370 g/mol. The maximum Gasteiger partial charge on any atom is 0.338 e. The average Bonchev–Trinajstić information content (AvgIpc) is 2.54. The van der Waals surface area contributed by atoms with Crippen LogP contribution in [0.25, 0.3) is 0 Å². The van der Waals surface area contributed by atoms with Gasteiger partial charge in [-0.25, -0.2) is 9.78 Å². The van der Waals surface area contributed by atoms with Crippen molar-refractivity contribution in [1.82, 2.24) is 4.98 Å². The highest BCUT2D eigenvalue weighted by molar-refractivity contribution is 8.00. The van der Waals surface area contributed by atoms with Gasteiger partial charge in [-0.15, -0.1) is 0 Å². The van der Waals surface area contributed by atoms with Gasteiger partial charge < -0.3 is 10.4 Å². The molecule has 0 radical (unpaired) electrons. The molecule has 0 saturated heterocycles. The van der Waals surface area contributed by atoms with Crippen molar-refractivity contribution in [3.8, 4) is 0 Å². The number of carbonyl (C=O) groups is 2. The van der Waals surface area contributed by atoms with E-state index in [0.717, 1.165) is 11.8 Å². The van der Waals surface area contributed by atoms with Crippen molar-refractivity contribution in [3.05, 3.63) is 48.2 Å². The zero-order valence-electron chi connectivity index (χ0n) is 12.1. The van der Waals surface area contributed by atoms with Gasteiger partial charge in [0, 0.05) is 16.8 Å². The first-order chi connectivity index (χ1) is 11.5. The summed E-state index contributed by atoms with van der Waals surface area (Å²) in [5.41, 5.74) is 0.502. The van der Waals surface area contributed by atoms with Crippen LogP contribution in [0.2, 0.25) is 0 Å². The zero-order valence-corrected chi connectivity index (χ0v) is 13.7. The lowest BCUT2D eigenvalue weighted by atomic mass is 10.3. The number of rotatable bonds is 7. The summed E-state index contributed by atoms with van der Waals surface area (Å²) in [5, 5.41) is 11.9. The molecule has 5 nitrogen and oxygen atoms in total. The number of thioether (sulfide) groups is 2. The van der Waals surface area contributed by atoms with Crippen LogP contribution in [0, 0.1) is 0 Å². The summed E-state index contributed by atoms with van der Waals surface area (Å²) in [7, 11) is 0. The first-order valence-corrected chi connectivity index (χ1v) is 8.48. The Morgan fingerprint density at radius 3 is 2.54 bits per heavy atom. The zero-order chi connectivity index (χ0) is 17.5. The fourth-order valence-electron chi connectivity index (χ4n) is 1.72. The van der Waals surface area contributed by atoms with Gasteiger partial charge in [0.25, 0.3) is 5.76 Å². The molecule has 0 bridgehead atoms. The van der Waals surface area contributed by atoms with E-state index in [1.165, 1.54) is 42.6 Å². The smallest absolute Gasteiger partial charge is 0.338 e. The minimum atomic E-state index is -2.50. The number of amides is 1. The van der Waals surface area contributed by atoms with Crippen molar-refractivity contribution in [2.75, 3.05) is 11.1 Å². The maximum absolute atomic E-state index is 12.2. The number of nitrogens with zero attached hydrogens (tertiary/aromatic N) is 1. The van der Waals surface area contributed by atoms with Crippen LogP contribution in [-0.4, -0.2) is 33.5 Å². The van der Waals surface area contributed by atoms with E-state index in [0.29, 0.717) is 22.3 Å². The van der Waals surface area contributed by atoms with Gasteiger partial charge in [-0.1, -0.05) is 23.5 Å². The van der Waals surface area contributed by atoms with Crippen molar-refractivity contribution < 1.29 is 23.5 Å². The number of carbonyl (C=O) groups excluding carboxylic acids is 1. The highest BCUT2D eigenvalue weighted by Crippen LogP contribution is 2.26. The number of nitrogens with one attached hydrogen (secondary N) is 1. The molecular weight excluding hydrogens is 358 g/mol. The second kappa shape index (κ2) is 8.65. The molecule has 0 fully saturated rings. The Morgan fingerprint density at radius 2 is 1.92 bits per heavy atom. The summed E-state index contributed by atoms with van der Waals surface area (Å²) >= 11 is 1.43. The molecule has 1 aromatic heterocycles. The van der Waals surface area contributed by atoms with Gasteiger partial charge in [0.15, 0.2) is 0 Å². The molecule has 0 spiro atoms. The number of aromatic nitrogens is 1. The molecule has 2 N–H and O–H groups in total. The van der Waals surface area contributed by atoms with E-state index < -0.39 is 11.7 Å². The molecule has 2 rings (SSSR count). The van der Waals surface area contributed by atoms with Crippen LogP contribution in [-0.2, 0) is 4.79 Å². The van der Waals surface area contributed by atoms with E-state index in [4.69, 9.17) is 5.11 Å². The van der Waals surface area contributed by atoms with Gasteiger partial charge >= 0.3 is 5.97 Å². The number of anilines is 1. The SMILES string of the molecule is O=C(CSc1ncccc1C(=O)O)Nc1ccc(SC(F)F)cc1. The highest BCUT2D eigenvalue weighted by Gasteiger charge is 2.13. The van der Waals surface area contributed by atoms with E-state index >= 15 is 0 Å². The normalized spacial score (nSPS) is 10.6. The quantitative estimate of drug-likeness (QED) is 0.721. The van der Waals surface area contributed by atoms with Crippen LogP contribution in [0.1, 0.15) is 10.4 Å². The van der Waals surface area contributed by atoms with Gasteiger partial charge in [-0.2, -0.15) is 8.78 Å². The Morgan fingerprint density at radius 1 is 1.21 bits per heavy atom. The van der Waals surface area contributed by atoms with Crippen LogP contribution < -0.4 is 5.32 Å². The summed E-state index contributed by atoms with van der Waals surface area (Å²) in [5.74, 6) is -3.98. The Hall–Kier alpha value is -2.13. The van der Waals surface area contributed by atoms with Gasteiger partial charge in [-0.3, -0.25) is 4.79 Å². The number of aromatic carboxylic acids is 1. The van der Waals surface area contributed by atoms with E-state index in [9.17, 15) is 18.4 Å². The molecule has 24 heavy (non-hydrogen) atoms. The lowest BCUT2D eigenvalue weighted by Gasteiger charge is -2.07.